The molecule has 9 nitrogen and oxygen atoms in total. The molecule has 3 aromatic rings. The van der Waals surface area contributed by atoms with E-state index in [1.165, 1.54) is 19.3 Å². The largest absolute Gasteiger partial charge is 0.497 e. The number of nitrogens with two attached hydrogens (primary N) is 1. The number of aliphatic hydroxyl groups is 1. The van der Waals surface area contributed by atoms with Gasteiger partial charge in [-0.2, -0.15) is 9.97 Å². The molecule has 1 aliphatic carbocycles. The highest BCUT2D eigenvalue weighted by Crippen LogP contribution is 2.32. The summed E-state index contributed by atoms with van der Waals surface area (Å²) in [6, 6.07) is 5.85. The molecular weight excluding hydrogens is 418 g/mol. The summed E-state index contributed by atoms with van der Waals surface area (Å²) < 4.78 is 7.53. The molecule has 2 aromatic heterocycles. The second-order valence-corrected chi connectivity index (χ2v) is 9.11. The molecule has 0 aliphatic heterocycles. The Balaban J connectivity index is 1.69. The van der Waals surface area contributed by atoms with Crippen LogP contribution in [0.15, 0.2) is 24.5 Å². The first kappa shape index (κ1) is 23.1. The van der Waals surface area contributed by atoms with E-state index in [0.717, 1.165) is 35.3 Å². The summed E-state index contributed by atoms with van der Waals surface area (Å²) >= 11 is 0. The smallest absolute Gasteiger partial charge is 0.227 e. The van der Waals surface area contributed by atoms with E-state index in [9.17, 15) is 5.11 Å². The number of nitrogens with zero attached hydrogens (tertiary/aromatic N) is 4. The van der Waals surface area contributed by atoms with E-state index >= 15 is 0 Å². The summed E-state index contributed by atoms with van der Waals surface area (Å²) in [6.45, 7) is 4.59. The van der Waals surface area contributed by atoms with E-state index in [-0.39, 0.29) is 18.6 Å². The first-order valence-electron chi connectivity index (χ1n) is 11.8. The van der Waals surface area contributed by atoms with E-state index in [0.29, 0.717) is 30.0 Å². The van der Waals surface area contributed by atoms with Gasteiger partial charge in [0.15, 0.2) is 17.0 Å². The second-order valence-electron chi connectivity index (χ2n) is 9.11. The number of aliphatic hydroxyl groups excluding tert-OH is 1. The molecule has 0 radical (unpaired) electrons. The molecule has 0 amide bonds. The average molecular weight is 454 g/mol. The lowest BCUT2D eigenvalue weighted by molar-refractivity contribution is 0.248. The normalized spacial score (nSPS) is 15.7. The molecule has 9 heteroatoms. The van der Waals surface area contributed by atoms with Gasteiger partial charge in [-0.15, -0.1) is 0 Å². The van der Waals surface area contributed by atoms with Crippen molar-refractivity contribution in [2.75, 3.05) is 30.1 Å². The molecule has 33 heavy (non-hydrogen) atoms. The minimum Gasteiger partial charge on any atom is -0.497 e. The number of imidazole rings is 1. The van der Waals surface area contributed by atoms with Crippen molar-refractivity contribution in [2.45, 2.75) is 64.6 Å². The Morgan fingerprint density at radius 1 is 1.21 bits per heavy atom. The minimum atomic E-state index is -0.143. The van der Waals surface area contributed by atoms with Crippen molar-refractivity contribution in [2.24, 2.45) is 5.92 Å². The third kappa shape index (κ3) is 5.13. The van der Waals surface area contributed by atoms with Crippen molar-refractivity contribution >= 4 is 28.6 Å². The fourth-order valence-corrected chi connectivity index (χ4v) is 4.36. The van der Waals surface area contributed by atoms with Crippen molar-refractivity contribution in [3.8, 4) is 5.75 Å². The number of nitrogen functional groups attached to an aromatic ring is 1. The van der Waals surface area contributed by atoms with Crippen LogP contribution in [0.5, 0.6) is 5.75 Å². The maximum atomic E-state index is 9.81. The Bertz CT molecular complexity index is 1080. The Morgan fingerprint density at radius 2 is 2.00 bits per heavy atom. The quantitative estimate of drug-likeness (QED) is 0.359. The standard InChI is InChI=1S/C24H35N7O2/c1-15(2)20(13-32)28-24-29-22(26-12-16-11-18(33-3)9-10-19(16)25)21-23(30-24)31(14-27-21)17-7-5-4-6-8-17/h9-11,14-15,17,20,32H,4-8,12-13,25H2,1-3H3,(H2,26,28,29,30). The number of ether oxygens (including phenoxy) is 1. The van der Waals surface area contributed by atoms with Gasteiger partial charge in [-0.25, -0.2) is 4.98 Å². The van der Waals surface area contributed by atoms with E-state index in [1.807, 2.05) is 24.5 Å². The van der Waals surface area contributed by atoms with E-state index in [1.54, 1.807) is 7.11 Å². The highest BCUT2D eigenvalue weighted by molar-refractivity contribution is 5.84. The molecule has 5 N–H and O–H groups in total. The van der Waals surface area contributed by atoms with E-state index < -0.39 is 0 Å². The molecule has 1 unspecified atom stereocenters. The van der Waals surface area contributed by atoms with Gasteiger partial charge in [0.05, 0.1) is 26.1 Å². The van der Waals surface area contributed by atoms with Crippen LogP contribution in [-0.2, 0) is 6.54 Å². The zero-order valence-electron chi connectivity index (χ0n) is 19.7. The number of aromatic nitrogens is 4. The summed E-state index contributed by atoms with van der Waals surface area (Å²) in [5.74, 6) is 2.10. The zero-order chi connectivity index (χ0) is 23.4. The molecule has 1 aliphatic rings. The van der Waals surface area contributed by atoms with Crippen LogP contribution in [0.2, 0.25) is 0 Å². The van der Waals surface area contributed by atoms with Crippen molar-refractivity contribution in [1.29, 1.82) is 0 Å². The highest BCUT2D eigenvalue weighted by Gasteiger charge is 2.22. The second kappa shape index (κ2) is 10.2. The van der Waals surface area contributed by atoms with Gasteiger partial charge in [0.1, 0.15) is 5.75 Å². The number of fused-ring (bicyclic) bond motifs is 1. The molecule has 1 aromatic carbocycles. The van der Waals surface area contributed by atoms with Crippen molar-refractivity contribution < 1.29 is 9.84 Å². The number of hydrogen-bond acceptors (Lipinski definition) is 8. The summed E-state index contributed by atoms with van der Waals surface area (Å²) in [5, 5.41) is 16.5. The summed E-state index contributed by atoms with van der Waals surface area (Å²) in [5.41, 5.74) is 9.32. The monoisotopic (exact) mass is 453 g/mol. The highest BCUT2D eigenvalue weighted by atomic mass is 16.5. The summed E-state index contributed by atoms with van der Waals surface area (Å²) in [6.07, 6.45) is 7.88. The average Bonchev–Trinajstić information content (AvgIpc) is 3.26. The van der Waals surface area contributed by atoms with Crippen LogP contribution in [-0.4, -0.2) is 44.4 Å². The van der Waals surface area contributed by atoms with Gasteiger partial charge >= 0.3 is 0 Å². The topological polar surface area (TPSA) is 123 Å². The van der Waals surface area contributed by atoms with Gasteiger partial charge in [0.25, 0.3) is 0 Å². The molecule has 4 rings (SSSR count). The van der Waals surface area contributed by atoms with Gasteiger partial charge in [-0.1, -0.05) is 33.1 Å². The Kier molecular flexibility index (Phi) is 7.17. The lowest BCUT2D eigenvalue weighted by atomic mass is 9.95. The number of nitrogens with one attached hydrogen (secondary N) is 2. The number of benzene rings is 1. The van der Waals surface area contributed by atoms with Crippen LogP contribution < -0.4 is 21.1 Å². The summed E-state index contributed by atoms with van der Waals surface area (Å²) in [4.78, 5) is 14.2. The maximum absolute atomic E-state index is 9.81. The third-order valence-corrected chi connectivity index (χ3v) is 6.50. The summed E-state index contributed by atoms with van der Waals surface area (Å²) in [7, 11) is 1.64. The van der Waals surface area contributed by atoms with Crippen LogP contribution in [0.4, 0.5) is 17.5 Å². The number of rotatable bonds is 9. The Hall–Kier alpha value is -3.07. The van der Waals surface area contributed by atoms with Gasteiger partial charge in [-0.05, 0) is 42.5 Å². The van der Waals surface area contributed by atoms with Crippen molar-refractivity contribution in [1.82, 2.24) is 19.5 Å². The molecule has 0 spiro atoms. The van der Waals surface area contributed by atoms with Crippen molar-refractivity contribution in [3.63, 3.8) is 0 Å². The third-order valence-electron chi connectivity index (χ3n) is 6.50. The SMILES string of the molecule is COc1ccc(N)c(CNc2nc(NC(CO)C(C)C)nc3c2ncn3C2CCCCC2)c1. The fraction of sp³-hybridized carbons (Fsp3) is 0.542. The van der Waals surface area contributed by atoms with Crippen LogP contribution in [0.25, 0.3) is 11.2 Å². The predicted octanol–water partition coefficient (Wildman–Crippen LogP) is 3.96. The predicted molar refractivity (Wildman–Crippen MR) is 132 cm³/mol. The first-order chi connectivity index (χ1) is 16.0. The number of methoxy groups -OCH3 is 1. The van der Waals surface area contributed by atoms with Crippen LogP contribution in [0.1, 0.15) is 57.6 Å². The van der Waals surface area contributed by atoms with E-state index in [2.05, 4.69) is 34.0 Å². The molecule has 0 saturated heterocycles. The van der Waals surface area contributed by atoms with Gasteiger partial charge in [-0.3, -0.25) is 0 Å². The zero-order valence-corrected chi connectivity index (χ0v) is 19.7. The number of hydrogen-bond donors (Lipinski definition) is 4. The van der Waals surface area contributed by atoms with Crippen LogP contribution in [0, 0.1) is 5.92 Å². The molecule has 1 atom stereocenters. The fourth-order valence-electron chi connectivity index (χ4n) is 4.36. The Morgan fingerprint density at radius 3 is 2.70 bits per heavy atom. The van der Waals surface area contributed by atoms with Crippen molar-refractivity contribution in [3.05, 3.63) is 30.1 Å². The Labute approximate surface area is 194 Å². The minimum absolute atomic E-state index is 0.00402. The van der Waals surface area contributed by atoms with Crippen LogP contribution in [0.3, 0.4) is 0 Å². The van der Waals surface area contributed by atoms with Gasteiger partial charge in [0, 0.05) is 18.3 Å². The van der Waals surface area contributed by atoms with Gasteiger partial charge in [0.2, 0.25) is 5.95 Å². The van der Waals surface area contributed by atoms with Crippen LogP contribution >= 0.6 is 0 Å². The molecule has 1 fully saturated rings. The molecule has 2 heterocycles. The molecule has 178 valence electrons. The first-order valence-corrected chi connectivity index (χ1v) is 11.8. The van der Waals surface area contributed by atoms with Gasteiger partial charge < -0.3 is 30.8 Å². The maximum Gasteiger partial charge on any atom is 0.227 e. The van der Waals surface area contributed by atoms with E-state index in [4.69, 9.17) is 20.4 Å². The molecule has 0 bridgehead atoms. The molecular formula is C24H35N7O2. The molecule has 1 saturated carbocycles. The lowest BCUT2D eigenvalue weighted by Crippen LogP contribution is -2.30. The number of anilines is 3. The lowest BCUT2D eigenvalue weighted by Gasteiger charge is -2.24.